The van der Waals surface area contributed by atoms with Crippen LogP contribution in [0.15, 0.2) is 59.5 Å². The third-order valence-corrected chi connectivity index (χ3v) is 6.35. The Bertz CT molecular complexity index is 1210. The fourth-order valence-corrected chi connectivity index (χ4v) is 4.32. The van der Waals surface area contributed by atoms with Crippen LogP contribution in [0.5, 0.6) is 5.88 Å². The number of halogens is 3. The summed E-state index contributed by atoms with van der Waals surface area (Å²) >= 11 is 0. The molecule has 1 heterocycles. The lowest BCUT2D eigenvalue weighted by molar-refractivity contribution is -0.0501. The second kappa shape index (κ2) is 6.27. The normalized spacial score (nSPS) is 13.0. The van der Waals surface area contributed by atoms with E-state index in [0.717, 1.165) is 11.6 Å². The quantitative estimate of drug-likeness (QED) is 0.478. The van der Waals surface area contributed by atoms with Gasteiger partial charge in [-0.15, -0.1) is 0 Å². The summed E-state index contributed by atoms with van der Waals surface area (Å²) in [6.45, 7) is 1.73. The Morgan fingerprint density at radius 1 is 0.926 bits per heavy atom. The zero-order valence-electron chi connectivity index (χ0n) is 13.6. The Morgan fingerprint density at radius 2 is 1.52 bits per heavy atom. The molecule has 0 amide bonds. The van der Waals surface area contributed by atoms with Crippen LogP contribution in [0.25, 0.3) is 10.9 Å². The molecule has 0 atom stereocenters. The third kappa shape index (κ3) is 3.39. The number of para-hydroxylation sites is 1. The molecule has 0 fully saturated rings. The molecule has 0 unspecified atom stereocenters. The molecule has 2 aromatic carbocycles. The molecule has 0 radical (unpaired) electrons. The standard InChI is InChI=1S/C16H12F3NO5S2/c1-11-6-8-13(9-7-11)26(21,22)20-14-5-3-2-4-12(14)10-15(20)25-27(23,24)16(17,18)19/h2-10H,1H3. The first kappa shape index (κ1) is 19.2. The minimum absolute atomic E-state index is 0.0227. The molecule has 0 N–H and O–H groups in total. The number of fused-ring (bicyclic) bond motifs is 1. The minimum atomic E-state index is -6.06. The molecule has 0 aliphatic heterocycles. The molecule has 0 saturated heterocycles. The van der Waals surface area contributed by atoms with Crippen LogP contribution in [0.3, 0.4) is 0 Å². The smallest absolute Gasteiger partial charge is 0.356 e. The van der Waals surface area contributed by atoms with Gasteiger partial charge in [0.1, 0.15) is 0 Å². The van der Waals surface area contributed by atoms with Crippen molar-refractivity contribution in [3.8, 4) is 5.88 Å². The fourth-order valence-electron chi connectivity index (χ4n) is 2.39. The molecule has 0 bridgehead atoms. The highest BCUT2D eigenvalue weighted by Gasteiger charge is 2.49. The van der Waals surface area contributed by atoms with Gasteiger partial charge in [0, 0.05) is 11.5 Å². The average molecular weight is 419 g/mol. The van der Waals surface area contributed by atoms with Crippen molar-refractivity contribution in [1.29, 1.82) is 0 Å². The van der Waals surface area contributed by atoms with Crippen molar-refractivity contribution in [1.82, 2.24) is 3.97 Å². The summed E-state index contributed by atoms with van der Waals surface area (Å²) in [6, 6.07) is 12.2. The van der Waals surface area contributed by atoms with E-state index < -0.39 is 31.5 Å². The van der Waals surface area contributed by atoms with Crippen LogP contribution in [0.2, 0.25) is 0 Å². The number of alkyl halides is 3. The number of rotatable bonds is 4. The Kier molecular flexibility index (Phi) is 4.47. The molecule has 3 rings (SSSR count). The lowest BCUT2D eigenvalue weighted by atomic mass is 10.2. The van der Waals surface area contributed by atoms with Gasteiger partial charge in [-0.05, 0) is 25.1 Å². The largest absolute Gasteiger partial charge is 0.534 e. The van der Waals surface area contributed by atoms with Gasteiger partial charge >= 0.3 is 15.6 Å². The van der Waals surface area contributed by atoms with Crippen molar-refractivity contribution in [3.63, 3.8) is 0 Å². The maximum Gasteiger partial charge on any atom is 0.534 e. The zero-order chi connectivity index (χ0) is 20.0. The highest BCUT2D eigenvalue weighted by Crippen LogP contribution is 2.34. The molecule has 0 saturated carbocycles. The van der Waals surface area contributed by atoms with Gasteiger partial charge in [-0.2, -0.15) is 21.6 Å². The summed E-state index contributed by atoms with van der Waals surface area (Å²) in [6.07, 6.45) is 0. The number of benzene rings is 2. The molecule has 0 spiro atoms. The Labute approximate surface area is 153 Å². The van der Waals surface area contributed by atoms with Crippen molar-refractivity contribution < 1.29 is 34.2 Å². The van der Waals surface area contributed by atoms with Crippen molar-refractivity contribution in [2.75, 3.05) is 0 Å². The summed E-state index contributed by atoms with van der Waals surface area (Å²) < 4.78 is 91.5. The Morgan fingerprint density at radius 3 is 2.11 bits per heavy atom. The molecule has 0 aliphatic carbocycles. The van der Waals surface area contributed by atoms with E-state index in [2.05, 4.69) is 4.18 Å². The molecular formula is C16H12F3NO5S2. The summed E-state index contributed by atoms with van der Waals surface area (Å²) in [5.41, 5.74) is -4.96. The average Bonchev–Trinajstić information content (AvgIpc) is 2.91. The van der Waals surface area contributed by atoms with Gasteiger partial charge in [-0.25, -0.2) is 12.4 Å². The molecule has 6 nitrogen and oxygen atoms in total. The molecule has 1 aromatic heterocycles. The lowest BCUT2D eigenvalue weighted by Crippen LogP contribution is -2.29. The maximum atomic E-state index is 13.0. The minimum Gasteiger partial charge on any atom is -0.356 e. The van der Waals surface area contributed by atoms with E-state index in [0.29, 0.717) is 3.97 Å². The fraction of sp³-hybridized carbons (Fsp3) is 0.125. The number of nitrogens with zero attached hydrogens (tertiary/aromatic N) is 1. The van der Waals surface area contributed by atoms with Crippen LogP contribution in [0.4, 0.5) is 13.2 Å². The second-order valence-corrected chi connectivity index (χ2v) is 8.93. The Hall–Kier alpha value is -2.53. The topological polar surface area (TPSA) is 82.4 Å². The molecule has 0 aliphatic rings. The van der Waals surface area contributed by atoms with Gasteiger partial charge in [0.25, 0.3) is 10.0 Å². The van der Waals surface area contributed by atoms with Crippen molar-refractivity contribution in [2.45, 2.75) is 17.3 Å². The van der Waals surface area contributed by atoms with E-state index in [1.807, 2.05) is 0 Å². The lowest BCUT2D eigenvalue weighted by Gasteiger charge is -2.13. The monoisotopic (exact) mass is 419 g/mol. The van der Waals surface area contributed by atoms with E-state index in [4.69, 9.17) is 0 Å². The van der Waals surface area contributed by atoms with E-state index in [-0.39, 0.29) is 15.8 Å². The highest BCUT2D eigenvalue weighted by molar-refractivity contribution is 7.90. The first-order chi connectivity index (χ1) is 12.4. The van der Waals surface area contributed by atoms with Crippen LogP contribution < -0.4 is 4.18 Å². The van der Waals surface area contributed by atoms with Crippen LogP contribution in [-0.2, 0) is 20.1 Å². The zero-order valence-corrected chi connectivity index (χ0v) is 15.3. The van der Waals surface area contributed by atoms with Crippen LogP contribution in [-0.4, -0.2) is 26.3 Å². The summed E-state index contributed by atoms with van der Waals surface area (Å²) in [4.78, 5) is -0.233. The SMILES string of the molecule is Cc1ccc(S(=O)(=O)n2c(OS(=O)(=O)C(F)(F)F)cc3ccccc32)cc1. The Balaban J connectivity index is 2.27. The third-order valence-electron chi connectivity index (χ3n) is 3.67. The number of aryl methyl sites for hydroxylation is 1. The second-order valence-electron chi connectivity index (χ2n) is 5.61. The number of aromatic nitrogens is 1. The molecule has 11 heteroatoms. The summed E-state index contributed by atoms with van der Waals surface area (Å²) in [5, 5.41) is 0.195. The highest BCUT2D eigenvalue weighted by atomic mass is 32.2. The van der Waals surface area contributed by atoms with Gasteiger partial charge in [0.2, 0.25) is 5.88 Å². The van der Waals surface area contributed by atoms with Crippen molar-refractivity contribution in [3.05, 3.63) is 60.2 Å². The van der Waals surface area contributed by atoms with Gasteiger partial charge in [-0.1, -0.05) is 35.9 Å². The van der Waals surface area contributed by atoms with Crippen LogP contribution in [0.1, 0.15) is 5.56 Å². The van der Waals surface area contributed by atoms with Gasteiger partial charge in [0.15, 0.2) is 0 Å². The van der Waals surface area contributed by atoms with Gasteiger partial charge in [-0.3, -0.25) is 0 Å². The van der Waals surface area contributed by atoms with E-state index >= 15 is 0 Å². The van der Waals surface area contributed by atoms with E-state index in [1.54, 1.807) is 6.92 Å². The molecule has 27 heavy (non-hydrogen) atoms. The first-order valence-electron chi connectivity index (χ1n) is 7.37. The van der Waals surface area contributed by atoms with Crippen molar-refractivity contribution >= 4 is 31.0 Å². The first-order valence-corrected chi connectivity index (χ1v) is 10.2. The van der Waals surface area contributed by atoms with Crippen LogP contribution in [0, 0.1) is 6.92 Å². The van der Waals surface area contributed by atoms with Crippen molar-refractivity contribution in [2.24, 2.45) is 0 Å². The predicted octanol–water partition coefficient (Wildman–Crippen LogP) is 3.42. The summed E-state index contributed by atoms with van der Waals surface area (Å²) in [5.74, 6) is -0.978. The molecule has 3 aromatic rings. The number of hydrogen-bond donors (Lipinski definition) is 0. The molecule has 144 valence electrons. The van der Waals surface area contributed by atoms with Gasteiger partial charge in [0.05, 0.1) is 10.4 Å². The maximum absolute atomic E-state index is 13.0. The predicted molar refractivity (Wildman–Crippen MR) is 91.3 cm³/mol. The summed E-state index contributed by atoms with van der Waals surface area (Å²) in [7, 11) is -10.5. The molecular weight excluding hydrogens is 407 g/mol. The van der Waals surface area contributed by atoms with E-state index in [1.165, 1.54) is 48.5 Å². The van der Waals surface area contributed by atoms with Gasteiger partial charge < -0.3 is 4.18 Å². The van der Waals surface area contributed by atoms with E-state index in [9.17, 15) is 30.0 Å². The van der Waals surface area contributed by atoms with Crippen LogP contribution >= 0.6 is 0 Å². The number of hydrogen-bond acceptors (Lipinski definition) is 5.